The van der Waals surface area contributed by atoms with E-state index in [2.05, 4.69) is 29.5 Å². The van der Waals surface area contributed by atoms with E-state index in [0.29, 0.717) is 25.7 Å². The summed E-state index contributed by atoms with van der Waals surface area (Å²) >= 11 is 0. The van der Waals surface area contributed by atoms with Gasteiger partial charge in [-0.2, -0.15) is 0 Å². The maximum Gasteiger partial charge on any atom is 0.191 e. The molecule has 0 spiro atoms. The van der Waals surface area contributed by atoms with Crippen LogP contribution in [0.25, 0.3) is 0 Å². The Morgan fingerprint density at radius 3 is 2.59 bits per heavy atom. The minimum Gasteiger partial charge on any atom is -0.389 e. The van der Waals surface area contributed by atoms with Gasteiger partial charge in [-0.05, 0) is 18.4 Å². The lowest BCUT2D eigenvalue weighted by atomic mass is 10.2. The van der Waals surface area contributed by atoms with Crippen molar-refractivity contribution in [3.05, 3.63) is 35.9 Å². The average molecular weight is 307 g/mol. The predicted molar refractivity (Wildman–Crippen MR) is 90.9 cm³/mol. The summed E-state index contributed by atoms with van der Waals surface area (Å²) in [5.74, 6) is 1.24. The third-order valence-corrected chi connectivity index (χ3v) is 2.89. The van der Waals surface area contributed by atoms with Gasteiger partial charge in [0.2, 0.25) is 0 Å². The van der Waals surface area contributed by atoms with E-state index >= 15 is 0 Å². The molecule has 0 aliphatic rings. The normalized spacial score (nSPS) is 13.2. The first-order valence-electron chi connectivity index (χ1n) is 7.93. The maximum atomic E-state index is 9.95. The molecule has 0 saturated carbocycles. The van der Waals surface area contributed by atoms with Crippen molar-refractivity contribution < 1.29 is 9.84 Å². The van der Waals surface area contributed by atoms with Crippen molar-refractivity contribution in [1.82, 2.24) is 10.6 Å². The van der Waals surface area contributed by atoms with Gasteiger partial charge in [-0.25, -0.2) is 0 Å². The molecular weight excluding hydrogens is 278 g/mol. The zero-order valence-electron chi connectivity index (χ0n) is 13.9. The summed E-state index contributed by atoms with van der Waals surface area (Å²) in [6.45, 7) is 9.05. The molecule has 0 radical (unpaired) electrons. The summed E-state index contributed by atoms with van der Waals surface area (Å²) in [6, 6.07) is 9.94. The van der Waals surface area contributed by atoms with Gasteiger partial charge in [0.05, 0.1) is 19.3 Å². The van der Waals surface area contributed by atoms with Gasteiger partial charge < -0.3 is 20.5 Å². The van der Waals surface area contributed by atoms with Crippen molar-refractivity contribution in [3.8, 4) is 0 Å². The molecule has 0 saturated heterocycles. The monoisotopic (exact) mass is 307 g/mol. The van der Waals surface area contributed by atoms with Crippen LogP contribution in [0.4, 0.5) is 0 Å². The Morgan fingerprint density at radius 1 is 1.23 bits per heavy atom. The third kappa shape index (κ3) is 8.64. The molecule has 0 fully saturated rings. The van der Waals surface area contributed by atoms with Gasteiger partial charge in [0.25, 0.3) is 0 Å². The van der Waals surface area contributed by atoms with Crippen molar-refractivity contribution in [1.29, 1.82) is 0 Å². The largest absolute Gasteiger partial charge is 0.389 e. The van der Waals surface area contributed by atoms with Crippen LogP contribution in [0.2, 0.25) is 0 Å². The lowest BCUT2D eigenvalue weighted by molar-refractivity contribution is 0.0308. The molecule has 0 amide bonds. The van der Waals surface area contributed by atoms with Crippen molar-refractivity contribution in [2.45, 2.75) is 33.5 Å². The van der Waals surface area contributed by atoms with Crippen LogP contribution in [0.5, 0.6) is 0 Å². The quantitative estimate of drug-likeness (QED) is 0.480. The maximum absolute atomic E-state index is 9.95. The molecule has 124 valence electrons. The summed E-state index contributed by atoms with van der Waals surface area (Å²) in [7, 11) is 0. The highest BCUT2D eigenvalue weighted by Crippen LogP contribution is 2.00. The highest BCUT2D eigenvalue weighted by atomic mass is 16.5. The van der Waals surface area contributed by atoms with Crippen LogP contribution < -0.4 is 10.6 Å². The summed E-state index contributed by atoms with van der Waals surface area (Å²) in [5.41, 5.74) is 1.11. The number of aliphatic hydroxyl groups excluding tert-OH is 1. The van der Waals surface area contributed by atoms with E-state index in [-0.39, 0.29) is 0 Å². The summed E-state index contributed by atoms with van der Waals surface area (Å²) < 4.78 is 5.52. The number of nitrogens with zero attached hydrogens (tertiary/aromatic N) is 1. The first-order chi connectivity index (χ1) is 10.6. The number of guanidine groups is 1. The topological polar surface area (TPSA) is 65.9 Å². The molecule has 0 bridgehead atoms. The SMILES string of the molecule is CCNC(=NCC(C)C)NCC(O)COCc1ccccc1. The van der Waals surface area contributed by atoms with Gasteiger partial charge in [-0.15, -0.1) is 0 Å². The summed E-state index contributed by atoms with van der Waals surface area (Å²) in [5, 5.41) is 16.2. The minimum atomic E-state index is -0.563. The Kier molecular flexibility index (Phi) is 9.26. The first kappa shape index (κ1) is 18.5. The van der Waals surface area contributed by atoms with Gasteiger partial charge in [-0.1, -0.05) is 44.2 Å². The number of ether oxygens (including phenoxy) is 1. The Labute approximate surface area is 133 Å². The molecule has 1 unspecified atom stereocenters. The second-order valence-electron chi connectivity index (χ2n) is 5.65. The molecular formula is C17H29N3O2. The van der Waals surface area contributed by atoms with E-state index in [1.54, 1.807) is 0 Å². The number of aliphatic imine (C=N–C) groups is 1. The van der Waals surface area contributed by atoms with E-state index in [9.17, 15) is 5.11 Å². The molecule has 5 heteroatoms. The number of nitrogens with one attached hydrogen (secondary N) is 2. The fourth-order valence-corrected chi connectivity index (χ4v) is 1.78. The molecule has 0 aliphatic carbocycles. The number of aliphatic hydroxyl groups is 1. The van der Waals surface area contributed by atoms with Crippen LogP contribution in [0, 0.1) is 5.92 Å². The van der Waals surface area contributed by atoms with Crippen molar-refractivity contribution >= 4 is 5.96 Å². The average Bonchev–Trinajstić information content (AvgIpc) is 2.51. The zero-order valence-corrected chi connectivity index (χ0v) is 13.9. The fourth-order valence-electron chi connectivity index (χ4n) is 1.78. The second kappa shape index (κ2) is 11.0. The third-order valence-electron chi connectivity index (χ3n) is 2.89. The molecule has 5 nitrogen and oxygen atoms in total. The van der Waals surface area contributed by atoms with E-state index in [1.807, 2.05) is 37.3 Å². The van der Waals surface area contributed by atoms with Crippen LogP contribution in [-0.2, 0) is 11.3 Å². The molecule has 0 heterocycles. The highest BCUT2D eigenvalue weighted by Gasteiger charge is 2.06. The van der Waals surface area contributed by atoms with Gasteiger partial charge in [0.1, 0.15) is 0 Å². The zero-order chi connectivity index (χ0) is 16.2. The molecule has 0 aliphatic heterocycles. The van der Waals surface area contributed by atoms with Crippen molar-refractivity contribution in [2.24, 2.45) is 10.9 Å². The van der Waals surface area contributed by atoms with E-state index in [0.717, 1.165) is 24.6 Å². The van der Waals surface area contributed by atoms with Crippen LogP contribution >= 0.6 is 0 Å². The predicted octanol–water partition coefficient (Wildman–Crippen LogP) is 1.78. The van der Waals surface area contributed by atoms with Crippen LogP contribution in [0.1, 0.15) is 26.3 Å². The molecule has 22 heavy (non-hydrogen) atoms. The number of hydrogen-bond acceptors (Lipinski definition) is 3. The molecule has 3 N–H and O–H groups in total. The van der Waals surface area contributed by atoms with Crippen molar-refractivity contribution in [2.75, 3.05) is 26.2 Å². The second-order valence-corrected chi connectivity index (χ2v) is 5.65. The van der Waals surface area contributed by atoms with Crippen LogP contribution in [0.3, 0.4) is 0 Å². The van der Waals surface area contributed by atoms with Crippen molar-refractivity contribution in [3.63, 3.8) is 0 Å². The van der Waals surface area contributed by atoms with E-state index in [4.69, 9.17) is 4.74 Å². The van der Waals surface area contributed by atoms with Gasteiger partial charge >= 0.3 is 0 Å². The fraction of sp³-hybridized carbons (Fsp3) is 0.588. The van der Waals surface area contributed by atoms with Crippen LogP contribution in [-0.4, -0.2) is 43.4 Å². The number of rotatable bonds is 9. The molecule has 1 rings (SSSR count). The molecule has 1 aromatic rings. The van der Waals surface area contributed by atoms with Crippen LogP contribution in [0.15, 0.2) is 35.3 Å². The minimum absolute atomic E-state index is 0.297. The van der Waals surface area contributed by atoms with Gasteiger partial charge in [0, 0.05) is 19.6 Å². The Morgan fingerprint density at radius 2 is 1.95 bits per heavy atom. The Bertz CT molecular complexity index is 421. The first-order valence-corrected chi connectivity index (χ1v) is 7.93. The Hall–Kier alpha value is -1.59. The number of hydrogen-bond donors (Lipinski definition) is 3. The lowest BCUT2D eigenvalue weighted by Crippen LogP contribution is -2.42. The lowest BCUT2D eigenvalue weighted by Gasteiger charge is -2.16. The molecule has 1 atom stereocenters. The van der Waals surface area contributed by atoms with Gasteiger partial charge in [0.15, 0.2) is 5.96 Å². The molecule has 0 aromatic heterocycles. The summed E-state index contributed by atoms with van der Waals surface area (Å²) in [4.78, 5) is 4.46. The standard InChI is InChI=1S/C17H29N3O2/c1-4-18-17(19-10-14(2)3)20-11-16(21)13-22-12-15-8-6-5-7-9-15/h5-9,14,16,21H,4,10-13H2,1-3H3,(H2,18,19,20). The summed E-state index contributed by atoms with van der Waals surface area (Å²) in [6.07, 6.45) is -0.563. The van der Waals surface area contributed by atoms with E-state index < -0.39 is 6.10 Å². The van der Waals surface area contributed by atoms with E-state index in [1.165, 1.54) is 0 Å². The highest BCUT2D eigenvalue weighted by molar-refractivity contribution is 5.79. The van der Waals surface area contributed by atoms with Gasteiger partial charge in [-0.3, -0.25) is 4.99 Å². The molecule has 1 aromatic carbocycles. The smallest absolute Gasteiger partial charge is 0.191 e. The Balaban J connectivity index is 2.25. The number of benzene rings is 1.